The molecule has 27 heavy (non-hydrogen) atoms. The van der Waals surface area contributed by atoms with E-state index in [1.807, 2.05) is 0 Å². The summed E-state index contributed by atoms with van der Waals surface area (Å²) in [7, 11) is 0. The monoisotopic (exact) mass is 380 g/mol. The molecule has 6 unspecified atom stereocenters. The van der Waals surface area contributed by atoms with Crippen molar-refractivity contribution >= 4 is 0 Å². The summed E-state index contributed by atoms with van der Waals surface area (Å²) in [5.41, 5.74) is 0. The molecule has 0 bridgehead atoms. The van der Waals surface area contributed by atoms with Crippen LogP contribution in [0, 0.1) is 47.3 Å². The van der Waals surface area contributed by atoms with Crippen molar-refractivity contribution in [2.75, 3.05) is 13.2 Å². The number of rotatable bonds is 5. The highest BCUT2D eigenvalue weighted by molar-refractivity contribution is 5.01. The molecule has 3 nitrogen and oxygen atoms in total. The van der Waals surface area contributed by atoms with Crippen molar-refractivity contribution in [1.29, 1.82) is 0 Å². The van der Waals surface area contributed by atoms with Crippen molar-refractivity contribution in [2.24, 2.45) is 47.3 Å². The van der Waals surface area contributed by atoms with Crippen molar-refractivity contribution in [2.45, 2.75) is 92.0 Å². The molecule has 7 atom stereocenters. The Hall–Kier alpha value is -0.120. The zero-order valence-electron chi connectivity index (χ0n) is 18.6. The van der Waals surface area contributed by atoms with E-state index in [4.69, 9.17) is 9.47 Å². The Labute approximate surface area is 167 Å². The number of hydrogen-bond donors (Lipinski definition) is 1. The summed E-state index contributed by atoms with van der Waals surface area (Å²) >= 11 is 0. The van der Waals surface area contributed by atoms with E-state index in [1.165, 1.54) is 38.5 Å². The van der Waals surface area contributed by atoms with E-state index in [2.05, 4.69) is 41.5 Å². The van der Waals surface area contributed by atoms with Crippen molar-refractivity contribution in [3.8, 4) is 0 Å². The van der Waals surface area contributed by atoms with Gasteiger partial charge in [0.1, 0.15) is 6.10 Å². The molecule has 3 rings (SSSR count). The molecule has 1 aliphatic heterocycles. The molecular weight excluding hydrogens is 336 g/mol. The second-order valence-corrected chi connectivity index (χ2v) is 10.8. The number of aliphatic hydroxyl groups is 1. The average molecular weight is 381 g/mol. The summed E-state index contributed by atoms with van der Waals surface area (Å²) in [4.78, 5) is 0. The maximum absolute atomic E-state index is 9.84. The van der Waals surface area contributed by atoms with Crippen LogP contribution in [0.5, 0.6) is 0 Å². The van der Waals surface area contributed by atoms with E-state index in [0.29, 0.717) is 42.1 Å². The summed E-state index contributed by atoms with van der Waals surface area (Å²) in [6.45, 7) is 14.9. The van der Waals surface area contributed by atoms with Gasteiger partial charge in [-0.05, 0) is 61.2 Å². The Balaban J connectivity index is 2.00. The van der Waals surface area contributed by atoms with Gasteiger partial charge >= 0.3 is 0 Å². The fraction of sp³-hybridized carbons (Fsp3) is 1.00. The van der Waals surface area contributed by atoms with E-state index in [9.17, 15) is 5.11 Å². The molecule has 0 radical (unpaired) electrons. The largest absolute Gasteiger partial charge is 0.394 e. The Morgan fingerprint density at radius 1 is 0.852 bits per heavy atom. The first-order chi connectivity index (χ1) is 12.8. The predicted molar refractivity (Wildman–Crippen MR) is 110 cm³/mol. The minimum atomic E-state index is -0.485. The van der Waals surface area contributed by atoms with Crippen LogP contribution < -0.4 is 0 Å². The molecule has 0 amide bonds. The molecule has 0 aromatic rings. The standard InChI is InChI=1S/C24H44O3/c1-15(2)20-9-7-17(5)11-22(20)24(26-14-19(13-25)27-24)23-12-18(6)8-10-21(23)16(3)4/h15-23,25H,7-14H2,1-6H3/t17?,18?,19-,20?,21?,22?,23?,24?/m1/s1. The highest BCUT2D eigenvalue weighted by atomic mass is 16.7. The van der Waals surface area contributed by atoms with Crippen LogP contribution in [0.3, 0.4) is 0 Å². The summed E-state index contributed by atoms with van der Waals surface area (Å²) < 4.78 is 13.5. The Morgan fingerprint density at radius 2 is 1.33 bits per heavy atom. The lowest BCUT2D eigenvalue weighted by atomic mass is 9.58. The van der Waals surface area contributed by atoms with Gasteiger partial charge in [-0.2, -0.15) is 0 Å². The lowest BCUT2D eigenvalue weighted by Crippen LogP contribution is -2.56. The van der Waals surface area contributed by atoms with Crippen molar-refractivity contribution in [1.82, 2.24) is 0 Å². The first-order valence-corrected chi connectivity index (χ1v) is 11.7. The van der Waals surface area contributed by atoms with Gasteiger partial charge < -0.3 is 14.6 Å². The van der Waals surface area contributed by atoms with Gasteiger partial charge in [0.25, 0.3) is 0 Å². The Kier molecular flexibility index (Phi) is 6.97. The molecule has 0 aromatic heterocycles. The lowest BCUT2D eigenvalue weighted by Gasteiger charge is -2.53. The zero-order valence-corrected chi connectivity index (χ0v) is 18.6. The molecule has 158 valence electrons. The third-order valence-electron chi connectivity index (χ3n) is 8.13. The van der Waals surface area contributed by atoms with Gasteiger partial charge in [0.15, 0.2) is 5.79 Å². The van der Waals surface area contributed by atoms with Crippen LogP contribution in [-0.4, -0.2) is 30.2 Å². The van der Waals surface area contributed by atoms with Gasteiger partial charge in [0, 0.05) is 11.8 Å². The first-order valence-electron chi connectivity index (χ1n) is 11.7. The van der Waals surface area contributed by atoms with Crippen LogP contribution in [0.4, 0.5) is 0 Å². The van der Waals surface area contributed by atoms with Crippen LogP contribution >= 0.6 is 0 Å². The van der Waals surface area contributed by atoms with E-state index < -0.39 is 5.79 Å². The summed E-state index contributed by atoms with van der Waals surface area (Å²) in [6, 6.07) is 0. The summed E-state index contributed by atoms with van der Waals surface area (Å²) in [5.74, 6) is 4.51. The van der Waals surface area contributed by atoms with Gasteiger partial charge in [0.2, 0.25) is 0 Å². The fourth-order valence-corrected chi connectivity index (χ4v) is 6.64. The molecule has 0 spiro atoms. The molecule has 3 heteroatoms. The van der Waals surface area contributed by atoms with E-state index in [0.717, 1.165) is 11.8 Å². The molecular formula is C24H44O3. The highest BCUT2D eigenvalue weighted by Gasteiger charge is 2.59. The van der Waals surface area contributed by atoms with Gasteiger partial charge in [-0.1, -0.05) is 54.4 Å². The molecule has 2 saturated carbocycles. The summed E-state index contributed by atoms with van der Waals surface area (Å²) in [5, 5.41) is 9.84. The molecule has 2 aliphatic carbocycles. The second-order valence-electron chi connectivity index (χ2n) is 10.8. The molecule has 3 fully saturated rings. The fourth-order valence-electron chi connectivity index (χ4n) is 6.64. The van der Waals surface area contributed by atoms with Crippen LogP contribution in [0.25, 0.3) is 0 Å². The van der Waals surface area contributed by atoms with Gasteiger partial charge in [-0.25, -0.2) is 0 Å². The molecule has 3 aliphatic rings. The molecule has 1 saturated heterocycles. The maximum atomic E-state index is 9.84. The van der Waals surface area contributed by atoms with Crippen molar-refractivity contribution < 1.29 is 14.6 Å². The third kappa shape index (κ3) is 4.26. The van der Waals surface area contributed by atoms with Gasteiger partial charge in [-0.3, -0.25) is 0 Å². The van der Waals surface area contributed by atoms with Crippen molar-refractivity contribution in [3.05, 3.63) is 0 Å². The molecule has 0 aromatic carbocycles. The van der Waals surface area contributed by atoms with Crippen LogP contribution in [-0.2, 0) is 9.47 Å². The van der Waals surface area contributed by atoms with E-state index in [1.54, 1.807) is 0 Å². The number of hydrogen-bond acceptors (Lipinski definition) is 3. The molecule has 1 heterocycles. The minimum Gasteiger partial charge on any atom is -0.394 e. The first kappa shape index (κ1) is 21.6. The van der Waals surface area contributed by atoms with Crippen LogP contribution in [0.2, 0.25) is 0 Å². The minimum absolute atomic E-state index is 0.0744. The third-order valence-corrected chi connectivity index (χ3v) is 8.13. The van der Waals surface area contributed by atoms with Crippen LogP contribution in [0.1, 0.15) is 80.1 Å². The van der Waals surface area contributed by atoms with Crippen molar-refractivity contribution in [3.63, 3.8) is 0 Å². The smallest absolute Gasteiger partial charge is 0.175 e. The average Bonchev–Trinajstić information content (AvgIpc) is 3.06. The SMILES string of the molecule is CC1CCC(C(C)C)C(C2(C3CC(C)CCC3C(C)C)OC[C@@H](CO)O2)C1. The lowest BCUT2D eigenvalue weighted by molar-refractivity contribution is -0.280. The molecule has 1 N–H and O–H groups in total. The second kappa shape index (κ2) is 8.71. The number of ether oxygens (including phenoxy) is 2. The van der Waals surface area contributed by atoms with Gasteiger partial charge in [-0.15, -0.1) is 0 Å². The Morgan fingerprint density at radius 3 is 1.70 bits per heavy atom. The van der Waals surface area contributed by atoms with E-state index in [-0.39, 0.29) is 12.7 Å². The quantitative estimate of drug-likeness (QED) is 0.684. The van der Waals surface area contributed by atoms with E-state index >= 15 is 0 Å². The number of aliphatic hydroxyl groups excluding tert-OH is 1. The topological polar surface area (TPSA) is 38.7 Å². The highest BCUT2D eigenvalue weighted by Crippen LogP contribution is 2.56. The zero-order chi connectivity index (χ0) is 19.8. The van der Waals surface area contributed by atoms with Gasteiger partial charge in [0.05, 0.1) is 13.2 Å². The normalized spacial score (nSPS) is 46.3. The maximum Gasteiger partial charge on any atom is 0.175 e. The van der Waals surface area contributed by atoms with Crippen LogP contribution in [0.15, 0.2) is 0 Å². The summed E-state index contributed by atoms with van der Waals surface area (Å²) in [6.07, 6.45) is 7.49. The Bertz CT molecular complexity index is 442. The predicted octanol–water partition coefficient (Wildman–Crippen LogP) is 5.51.